The molecular weight excluding hydrogens is 286 g/mol. The number of benzene rings is 2. The van der Waals surface area contributed by atoms with Crippen molar-refractivity contribution in [2.24, 2.45) is 5.92 Å². The van der Waals surface area contributed by atoms with E-state index in [2.05, 4.69) is 31.3 Å². The summed E-state index contributed by atoms with van der Waals surface area (Å²) in [5.41, 5.74) is 2.25. The molecule has 0 bridgehead atoms. The molecule has 0 aliphatic rings. The lowest BCUT2D eigenvalue weighted by molar-refractivity contribution is -0.124. The molecule has 3 heteroatoms. The number of aryl methyl sites for hydroxylation is 1. The lowest BCUT2D eigenvalue weighted by Crippen LogP contribution is -2.33. The molecule has 1 N–H and O–H groups in total. The Morgan fingerprint density at radius 3 is 2.48 bits per heavy atom. The van der Waals surface area contributed by atoms with Crippen molar-refractivity contribution in [3.8, 4) is 5.75 Å². The van der Waals surface area contributed by atoms with Gasteiger partial charge >= 0.3 is 0 Å². The van der Waals surface area contributed by atoms with E-state index >= 15 is 0 Å². The molecule has 0 saturated heterocycles. The number of nitrogens with one attached hydrogen (secondary N) is 1. The summed E-state index contributed by atoms with van der Waals surface area (Å²) in [6, 6.07) is 17.8. The molecule has 2 rings (SSSR count). The summed E-state index contributed by atoms with van der Waals surface area (Å²) in [7, 11) is 0. The summed E-state index contributed by atoms with van der Waals surface area (Å²) >= 11 is 0. The van der Waals surface area contributed by atoms with Crippen LogP contribution >= 0.6 is 0 Å². The van der Waals surface area contributed by atoms with Gasteiger partial charge in [-0.05, 0) is 42.5 Å². The number of hydrogen-bond donors (Lipinski definition) is 1. The molecular formula is C20H25NO2. The molecule has 23 heavy (non-hydrogen) atoms. The van der Waals surface area contributed by atoms with Crippen molar-refractivity contribution in [1.29, 1.82) is 0 Å². The number of carbonyl (C=O) groups is 1. The van der Waals surface area contributed by atoms with E-state index in [1.54, 1.807) is 0 Å². The average Bonchev–Trinajstić information content (AvgIpc) is 2.53. The predicted octanol–water partition coefficient (Wildman–Crippen LogP) is 4.28. The maximum atomic E-state index is 12.2. The molecule has 0 aliphatic heterocycles. The van der Waals surface area contributed by atoms with Gasteiger partial charge in [0.2, 0.25) is 0 Å². The summed E-state index contributed by atoms with van der Waals surface area (Å²) < 4.78 is 5.58. The van der Waals surface area contributed by atoms with Crippen molar-refractivity contribution in [3.05, 3.63) is 65.7 Å². The fourth-order valence-electron chi connectivity index (χ4n) is 2.53. The Morgan fingerprint density at radius 1 is 1.09 bits per heavy atom. The molecule has 0 aliphatic carbocycles. The number of hydrogen-bond acceptors (Lipinski definition) is 2. The highest BCUT2D eigenvalue weighted by atomic mass is 16.5. The molecule has 3 nitrogen and oxygen atoms in total. The van der Waals surface area contributed by atoms with Gasteiger partial charge in [0, 0.05) is 0 Å². The molecule has 0 heterocycles. The van der Waals surface area contributed by atoms with Gasteiger partial charge in [-0.2, -0.15) is 0 Å². The van der Waals surface area contributed by atoms with Gasteiger partial charge in [-0.15, -0.1) is 0 Å². The summed E-state index contributed by atoms with van der Waals surface area (Å²) in [5, 5.41) is 3.09. The Balaban J connectivity index is 1.95. The monoisotopic (exact) mass is 311 g/mol. The molecule has 0 saturated carbocycles. The van der Waals surface area contributed by atoms with Crippen LogP contribution < -0.4 is 10.1 Å². The molecule has 1 amide bonds. The number of ether oxygens (including phenoxy) is 1. The highest BCUT2D eigenvalue weighted by molar-refractivity contribution is 5.78. The lowest BCUT2D eigenvalue weighted by Gasteiger charge is -2.21. The second-order valence-corrected chi connectivity index (χ2v) is 6.27. The van der Waals surface area contributed by atoms with E-state index in [0.717, 1.165) is 23.3 Å². The van der Waals surface area contributed by atoms with Crippen molar-refractivity contribution in [2.75, 3.05) is 6.61 Å². The van der Waals surface area contributed by atoms with Gasteiger partial charge < -0.3 is 10.1 Å². The van der Waals surface area contributed by atoms with Gasteiger partial charge in [-0.25, -0.2) is 0 Å². The molecule has 1 atom stereocenters. The Kier molecular flexibility index (Phi) is 6.21. The first-order valence-corrected chi connectivity index (χ1v) is 8.08. The quantitative estimate of drug-likeness (QED) is 0.829. The zero-order valence-electron chi connectivity index (χ0n) is 14.1. The molecule has 0 aromatic heterocycles. The van der Waals surface area contributed by atoms with E-state index in [-0.39, 0.29) is 18.6 Å². The summed E-state index contributed by atoms with van der Waals surface area (Å²) in [6.45, 7) is 6.35. The average molecular weight is 311 g/mol. The van der Waals surface area contributed by atoms with Crippen molar-refractivity contribution in [1.82, 2.24) is 5.32 Å². The minimum atomic E-state index is -0.0963. The highest BCUT2D eigenvalue weighted by Gasteiger charge is 2.16. The Morgan fingerprint density at radius 2 is 1.83 bits per heavy atom. The Hall–Kier alpha value is -2.29. The number of rotatable bonds is 7. The van der Waals surface area contributed by atoms with Crippen LogP contribution in [0.25, 0.3) is 0 Å². The normalized spacial score (nSPS) is 12.0. The van der Waals surface area contributed by atoms with Crippen LogP contribution in [0.1, 0.15) is 37.4 Å². The van der Waals surface area contributed by atoms with Crippen LogP contribution in [-0.2, 0) is 4.79 Å². The topological polar surface area (TPSA) is 38.3 Å². The van der Waals surface area contributed by atoms with E-state index in [1.807, 2.05) is 49.4 Å². The minimum absolute atomic E-state index is 0.0183. The Bertz CT molecular complexity index is 623. The smallest absolute Gasteiger partial charge is 0.258 e. The maximum Gasteiger partial charge on any atom is 0.258 e. The Labute approximate surface area is 138 Å². The van der Waals surface area contributed by atoms with Crippen LogP contribution in [0.5, 0.6) is 5.75 Å². The summed E-state index contributed by atoms with van der Waals surface area (Å²) in [4.78, 5) is 12.2. The molecule has 0 fully saturated rings. The van der Waals surface area contributed by atoms with Crippen molar-refractivity contribution in [2.45, 2.75) is 33.2 Å². The van der Waals surface area contributed by atoms with Gasteiger partial charge in [0.05, 0.1) is 6.04 Å². The van der Waals surface area contributed by atoms with Crippen LogP contribution in [0.4, 0.5) is 0 Å². The minimum Gasteiger partial charge on any atom is -0.484 e. The van der Waals surface area contributed by atoms with E-state index in [1.165, 1.54) is 0 Å². The van der Waals surface area contributed by atoms with Gasteiger partial charge in [0.25, 0.3) is 5.91 Å². The second-order valence-electron chi connectivity index (χ2n) is 6.27. The molecule has 0 radical (unpaired) electrons. The molecule has 2 aromatic carbocycles. The zero-order valence-corrected chi connectivity index (χ0v) is 14.1. The van der Waals surface area contributed by atoms with Crippen molar-refractivity contribution < 1.29 is 9.53 Å². The molecule has 1 unspecified atom stereocenters. The van der Waals surface area contributed by atoms with Gasteiger partial charge in [0.1, 0.15) is 5.75 Å². The fourth-order valence-corrected chi connectivity index (χ4v) is 2.53. The van der Waals surface area contributed by atoms with Gasteiger partial charge in [-0.3, -0.25) is 4.79 Å². The van der Waals surface area contributed by atoms with Crippen LogP contribution in [-0.4, -0.2) is 12.5 Å². The van der Waals surface area contributed by atoms with Crippen LogP contribution in [0, 0.1) is 12.8 Å². The third-order valence-electron chi connectivity index (χ3n) is 3.60. The third-order valence-corrected chi connectivity index (χ3v) is 3.60. The first-order chi connectivity index (χ1) is 11.0. The predicted molar refractivity (Wildman–Crippen MR) is 93.5 cm³/mol. The summed E-state index contributed by atoms with van der Waals surface area (Å²) in [6.07, 6.45) is 0.903. The molecule has 0 spiro atoms. The van der Waals surface area contributed by atoms with E-state index in [9.17, 15) is 4.79 Å². The van der Waals surface area contributed by atoms with Crippen LogP contribution in [0.15, 0.2) is 54.6 Å². The fraction of sp³-hybridized carbons (Fsp3) is 0.350. The SMILES string of the molecule is Cc1cccc(OCC(=O)NC(CC(C)C)c2ccccc2)c1. The first kappa shape index (κ1) is 17.1. The second kappa shape index (κ2) is 8.37. The van der Waals surface area contributed by atoms with Gasteiger partial charge in [-0.1, -0.05) is 56.3 Å². The number of carbonyl (C=O) groups excluding carboxylic acids is 1. The number of amides is 1. The molecule has 2 aromatic rings. The summed E-state index contributed by atoms with van der Waals surface area (Å²) in [5.74, 6) is 1.12. The van der Waals surface area contributed by atoms with Crippen LogP contribution in [0.3, 0.4) is 0 Å². The first-order valence-electron chi connectivity index (χ1n) is 8.08. The van der Waals surface area contributed by atoms with Crippen molar-refractivity contribution in [3.63, 3.8) is 0 Å². The highest BCUT2D eigenvalue weighted by Crippen LogP contribution is 2.21. The van der Waals surface area contributed by atoms with Crippen LogP contribution in [0.2, 0.25) is 0 Å². The lowest BCUT2D eigenvalue weighted by atomic mass is 9.97. The zero-order chi connectivity index (χ0) is 16.7. The van der Waals surface area contributed by atoms with E-state index in [4.69, 9.17) is 4.74 Å². The third kappa shape index (κ3) is 5.78. The van der Waals surface area contributed by atoms with E-state index in [0.29, 0.717) is 5.92 Å². The van der Waals surface area contributed by atoms with E-state index < -0.39 is 0 Å². The standard InChI is InChI=1S/C20H25NO2/c1-15(2)12-19(17-9-5-4-6-10-17)21-20(22)14-23-18-11-7-8-16(3)13-18/h4-11,13,15,19H,12,14H2,1-3H3,(H,21,22). The van der Waals surface area contributed by atoms with Gasteiger partial charge in [0.15, 0.2) is 6.61 Å². The maximum absolute atomic E-state index is 12.2. The largest absolute Gasteiger partial charge is 0.484 e. The molecule has 122 valence electrons. The van der Waals surface area contributed by atoms with Crippen molar-refractivity contribution >= 4 is 5.91 Å².